The fourth-order valence-electron chi connectivity index (χ4n) is 2.87. The molecule has 5 nitrogen and oxygen atoms in total. The number of nitrogens with one attached hydrogen (secondary N) is 2. The van der Waals surface area contributed by atoms with E-state index >= 15 is 0 Å². The number of carbonyl (C=O) groups is 1. The molecular weight excluding hydrogens is 324 g/mol. The number of aromatic nitrogens is 1. The van der Waals surface area contributed by atoms with Crippen molar-refractivity contribution in [3.63, 3.8) is 0 Å². The van der Waals surface area contributed by atoms with Crippen LogP contribution >= 0.6 is 11.6 Å². The van der Waals surface area contributed by atoms with Gasteiger partial charge in [0.05, 0.1) is 0 Å². The van der Waals surface area contributed by atoms with Crippen LogP contribution in [0.2, 0.25) is 5.02 Å². The predicted molar refractivity (Wildman–Crippen MR) is 96.5 cm³/mol. The highest BCUT2D eigenvalue weighted by molar-refractivity contribution is 6.30. The first-order chi connectivity index (χ1) is 11.7. The third kappa shape index (κ3) is 4.61. The summed E-state index contributed by atoms with van der Waals surface area (Å²) in [5.74, 6) is 0. The monoisotopic (exact) mass is 344 g/mol. The van der Waals surface area contributed by atoms with Crippen molar-refractivity contribution in [3.05, 3.63) is 59.4 Å². The van der Waals surface area contributed by atoms with Gasteiger partial charge in [0.1, 0.15) is 0 Å². The van der Waals surface area contributed by atoms with Crippen LogP contribution in [0.4, 0.5) is 10.5 Å². The van der Waals surface area contributed by atoms with E-state index in [1.807, 2.05) is 42.5 Å². The average molecular weight is 345 g/mol. The van der Waals surface area contributed by atoms with E-state index in [9.17, 15) is 4.79 Å². The van der Waals surface area contributed by atoms with E-state index in [0.29, 0.717) is 6.54 Å². The standard InChI is InChI=1S/C18H21ClN4O/c19-14-4-3-6-17(12-14)23-11-8-16(13-23)22-18(24)21-10-7-15-5-1-2-9-20-15/h1-6,9,12,16H,7-8,10-11,13H2,(H2,21,22,24)/t16-/m1/s1. The number of anilines is 1. The Hall–Kier alpha value is -2.27. The lowest BCUT2D eigenvalue weighted by Crippen LogP contribution is -2.44. The number of carbonyl (C=O) groups excluding carboxylic acids is 1. The predicted octanol–water partition coefficient (Wildman–Crippen LogP) is 2.86. The van der Waals surface area contributed by atoms with Crippen molar-refractivity contribution in [2.45, 2.75) is 18.9 Å². The minimum atomic E-state index is -0.121. The molecule has 0 unspecified atom stereocenters. The highest BCUT2D eigenvalue weighted by atomic mass is 35.5. The molecule has 0 bridgehead atoms. The average Bonchev–Trinajstić information content (AvgIpc) is 3.04. The van der Waals surface area contributed by atoms with Gasteiger partial charge in [-0.2, -0.15) is 0 Å². The number of amides is 2. The first-order valence-corrected chi connectivity index (χ1v) is 8.53. The molecule has 0 aliphatic carbocycles. The van der Waals surface area contributed by atoms with Crippen molar-refractivity contribution in [1.29, 1.82) is 0 Å². The SMILES string of the molecule is O=C(NCCc1ccccn1)N[C@@H]1CCN(c2cccc(Cl)c2)C1. The summed E-state index contributed by atoms with van der Waals surface area (Å²) in [6.45, 7) is 2.29. The molecule has 1 fully saturated rings. The number of hydrogen-bond acceptors (Lipinski definition) is 3. The van der Waals surface area contributed by atoms with Crippen LogP contribution in [0.1, 0.15) is 12.1 Å². The van der Waals surface area contributed by atoms with Gasteiger partial charge < -0.3 is 15.5 Å². The Balaban J connectivity index is 1.41. The van der Waals surface area contributed by atoms with E-state index in [1.54, 1.807) is 6.20 Å². The maximum atomic E-state index is 12.0. The van der Waals surface area contributed by atoms with Crippen molar-refractivity contribution in [2.24, 2.45) is 0 Å². The first-order valence-electron chi connectivity index (χ1n) is 8.15. The van der Waals surface area contributed by atoms with Gasteiger partial charge in [-0.05, 0) is 36.8 Å². The maximum absolute atomic E-state index is 12.0. The Bertz CT molecular complexity index is 680. The summed E-state index contributed by atoms with van der Waals surface area (Å²) in [4.78, 5) is 18.5. The van der Waals surface area contributed by atoms with Crippen LogP contribution in [-0.4, -0.2) is 36.7 Å². The van der Waals surface area contributed by atoms with Crippen LogP contribution < -0.4 is 15.5 Å². The number of hydrogen-bond donors (Lipinski definition) is 2. The molecule has 2 heterocycles. The molecular formula is C18H21ClN4O. The first kappa shape index (κ1) is 16.6. The van der Waals surface area contributed by atoms with Gasteiger partial charge in [-0.25, -0.2) is 4.79 Å². The van der Waals surface area contributed by atoms with E-state index in [-0.39, 0.29) is 12.1 Å². The molecule has 126 valence electrons. The third-order valence-corrected chi connectivity index (χ3v) is 4.32. The van der Waals surface area contributed by atoms with Crippen molar-refractivity contribution in [3.8, 4) is 0 Å². The summed E-state index contributed by atoms with van der Waals surface area (Å²) in [6.07, 6.45) is 3.42. The Kier molecular flexibility index (Phi) is 5.54. The number of rotatable bonds is 5. The molecule has 1 aromatic carbocycles. The minimum Gasteiger partial charge on any atom is -0.369 e. The number of benzene rings is 1. The normalized spacial score (nSPS) is 16.9. The number of urea groups is 1. The van der Waals surface area contributed by atoms with Crippen molar-refractivity contribution < 1.29 is 4.79 Å². The molecule has 1 aromatic heterocycles. The summed E-state index contributed by atoms with van der Waals surface area (Å²) < 4.78 is 0. The fourth-order valence-corrected chi connectivity index (χ4v) is 3.06. The quantitative estimate of drug-likeness (QED) is 0.877. The lowest BCUT2D eigenvalue weighted by atomic mass is 10.2. The van der Waals surface area contributed by atoms with Crippen molar-refractivity contribution in [1.82, 2.24) is 15.6 Å². The van der Waals surface area contributed by atoms with Crippen LogP contribution in [0, 0.1) is 0 Å². The Morgan fingerprint density at radius 2 is 2.21 bits per heavy atom. The zero-order valence-corrected chi connectivity index (χ0v) is 14.2. The third-order valence-electron chi connectivity index (χ3n) is 4.09. The van der Waals surface area contributed by atoms with Gasteiger partial charge in [0, 0.05) is 54.7 Å². The van der Waals surface area contributed by atoms with E-state index in [2.05, 4.69) is 20.5 Å². The molecule has 1 saturated heterocycles. The van der Waals surface area contributed by atoms with Gasteiger partial charge in [-0.1, -0.05) is 23.7 Å². The molecule has 2 amide bonds. The second-order valence-electron chi connectivity index (χ2n) is 5.88. The largest absolute Gasteiger partial charge is 0.369 e. The van der Waals surface area contributed by atoms with E-state index in [0.717, 1.165) is 42.3 Å². The highest BCUT2D eigenvalue weighted by Gasteiger charge is 2.24. The van der Waals surface area contributed by atoms with E-state index in [4.69, 9.17) is 11.6 Å². The topological polar surface area (TPSA) is 57.3 Å². The number of halogens is 1. The minimum absolute atomic E-state index is 0.121. The van der Waals surface area contributed by atoms with Crippen LogP contribution in [0.5, 0.6) is 0 Å². The van der Waals surface area contributed by atoms with Crippen LogP contribution in [0.3, 0.4) is 0 Å². The van der Waals surface area contributed by atoms with Gasteiger partial charge in [-0.3, -0.25) is 4.98 Å². The van der Waals surface area contributed by atoms with Crippen LogP contribution in [0.25, 0.3) is 0 Å². The summed E-state index contributed by atoms with van der Waals surface area (Å²) in [5.41, 5.74) is 2.08. The second kappa shape index (κ2) is 8.02. The van der Waals surface area contributed by atoms with E-state index < -0.39 is 0 Å². The maximum Gasteiger partial charge on any atom is 0.315 e. The Morgan fingerprint density at radius 3 is 3.00 bits per heavy atom. The number of pyridine rings is 1. The number of nitrogens with zero attached hydrogens (tertiary/aromatic N) is 2. The molecule has 0 spiro atoms. The molecule has 2 N–H and O–H groups in total. The second-order valence-corrected chi connectivity index (χ2v) is 6.32. The molecule has 24 heavy (non-hydrogen) atoms. The zero-order valence-electron chi connectivity index (χ0n) is 13.4. The summed E-state index contributed by atoms with van der Waals surface area (Å²) >= 11 is 6.04. The van der Waals surface area contributed by atoms with Gasteiger partial charge in [0.15, 0.2) is 0 Å². The zero-order chi connectivity index (χ0) is 16.8. The molecule has 2 aromatic rings. The highest BCUT2D eigenvalue weighted by Crippen LogP contribution is 2.23. The van der Waals surface area contributed by atoms with Gasteiger partial charge in [0.2, 0.25) is 0 Å². The molecule has 1 aliphatic rings. The van der Waals surface area contributed by atoms with Crippen molar-refractivity contribution in [2.75, 3.05) is 24.5 Å². The molecule has 0 radical (unpaired) electrons. The molecule has 3 rings (SSSR count). The van der Waals surface area contributed by atoms with Gasteiger partial charge in [0.25, 0.3) is 0 Å². The lowest BCUT2D eigenvalue weighted by molar-refractivity contribution is 0.238. The summed E-state index contributed by atoms with van der Waals surface area (Å²) in [7, 11) is 0. The Labute approximate surface area is 147 Å². The molecule has 1 aliphatic heterocycles. The van der Waals surface area contributed by atoms with Crippen LogP contribution in [-0.2, 0) is 6.42 Å². The molecule has 6 heteroatoms. The van der Waals surface area contributed by atoms with Crippen molar-refractivity contribution >= 4 is 23.3 Å². The summed E-state index contributed by atoms with van der Waals surface area (Å²) in [6, 6.07) is 13.6. The Morgan fingerprint density at radius 1 is 1.29 bits per heavy atom. The summed E-state index contributed by atoms with van der Waals surface area (Å²) in [5, 5.41) is 6.66. The van der Waals surface area contributed by atoms with E-state index in [1.165, 1.54) is 0 Å². The van der Waals surface area contributed by atoms with Gasteiger partial charge in [-0.15, -0.1) is 0 Å². The molecule has 0 saturated carbocycles. The van der Waals surface area contributed by atoms with Crippen LogP contribution in [0.15, 0.2) is 48.7 Å². The smallest absolute Gasteiger partial charge is 0.315 e. The molecule has 1 atom stereocenters. The fraction of sp³-hybridized carbons (Fsp3) is 0.333. The van der Waals surface area contributed by atoms with Gasteiger partial charge >= 0.3 is 6.03 Å². The lowest BCUT2D eigenvalue weighted by Gasteiger charge is -2.19.